The van der Waals surface area contributed by atoms with Gasteiger partial charge >= 0.3 is 5.97 Å². The number of carboxylic acids is 1. The average Bonchev–Trinajstić information content (AvgIpc) is 2.33. The lowest BCUT2D eigenvalue weighted by Gasteiger charge is -2.14. The summed E-state index contributed by atoms with van der Waals surface area (Å²) < 4.78 is 52.7. The van der Waals surface area contributed by atoms with E-state index >= 15 is 0 Å². The van der Waals surface area contributed by atoms with Crippen LogP contribution in [0.25, 0.3) is 0 Å². The van der Waals surface area contributed by atoms with Crippen molar-refractivity contribution in [2.45, 2.75) is 12.5 Å². The zero-order valence-electron chi connectivity index (χ0n) is 10.4. The Hall–Kier alpha value is -1.74. The minimum atomic E-state index is -3.71. The van der Waals surface area contributed by atoms with Crippen molar-refractivity contribution in [3.63, 3.8) is 0 Å². The van der Waals surface area contributed by atoms with Crippen LogP contribution in [-0.4, -0.2) is 38.8 Å². The van der Waals surface area contributed by atoms with Crippen molar-refractivity contribution in [3.05, 3.63) is 29.8 Å². The third-order valence-corrected chi connectivity index (χ3v) is 2.83. The first kappa shape index (κ1) is 16.3. The second kappa shape index (κ2) is 6.62. The molecule has 0 aliphatic heterocycles. The normalized spacial score (nSPS) is 13.2. The highest BCUT2D eigenvalue weighted by molar-refractivity contribution is 7.88. The molecule has 112 valence electrons. The van der Waals surface area contributed by atoms with E-state index in [9.17, 15) is 22.0 Å². The maximum atomic E-state index is 11.9. The maximum absolute atomic E-state index is 11.9. The van der Waals surface area contributed by atoms with E-state index in [1.807, 2.05) is 4.72 Å². The van der Waals surface area contributed by atoms with Crippen LogP contribution in [0.2, 0.25) is 0 Å². The molecule has 1 rings (SSSR count). The molecule has 0 heterocycles. The summed E-state index contributed by atoms with van der Waals surface area (Å²) in [6, 6.07) is 3.71. The molecule has 0 amide bonds. The summed E-state index contributed by atoms with van der Waals surface area (Å²) in [5.41, 5.74) is 0.160. The Morgan fingerprint density at radius 2 is 1.90 bits per heavy atom. The maximum Gasteiger partial charge on any atom is 0.326 e. The van der Waals surface area contributed by atoms with Crippen molar-refractivity contribution >= 4 is 16.0 Å². The Kier molecular flexibility index (Phi) is 5.40. The molecule has 0 spiro atoms. The largest absolute Gasteiger partial charge is 0.488 e. The van der Waals surface area contributed by atoms with E-state index in [2.05, 4.69) is 0 Å². The molecule has 0 bridgehead atoms. The summed E-state index contributed by atoms with van der Waals surface area (Å²) in [6.07, 6.45) is -1.78. The van der Waals surface area contributed by atoms with E-state index in [4.69, 9.17) is 9.84 Å². The van der Waals surface area contributed by atoms with Crippen molar-refractivity contribution in [1.82, 2.24) is 4.72 Å². The van der Waals surface area contributed by atoms with Crippen molar-refractivity contribution < 1.29 is 31.8 Å². The lowest BCUT2D eigenvalue weighted by atomic mass is 10.1. The van der Waals surface area contributed by atoms with Gasteiger partial charge in [0.25, 0.3) is 6.43 Å². The van der Waals surface area contributed by atoms with Gasteiger partial charge in [-0.05, 0) is 17.7 Å². The Bertz CT molecular complexity index is 559. The fraction of sp³-hybridized carbons (Fsp3) is 0.364. The number of sulfonamides is 1. The quantitative estimate of drug-likeness (QED) is 0.784. The Morgan fingerprint density at radius 3 is 2.30 bits per heavy atom. The van der Waals surface area contributed by atoms with Gasteiger partial charge in [0, 0.05) is 0 Å². The zero-order chi connectivity index (χ0) is 15.3. The highest BCUT2D eigenvalue weighted by atomic mass is 32.2. The minimum absolute atomic E-state index is 0.137. The molecular weight excluding hydrogens is 296 g/mol. The van der Waals surface area contributed by atoms with Gasteiger partial charge < -0.3 is 9.84 Å². The molecule has 20 heavy (non-hydrogen) atoms. The molecule has 0 aliphatic carbocycles. The monoisotopic (exact) mass is 309 g/mol. The Balaban J connectivity index is 2.86. The molecule has 2 N–H and O–H groups in total. The number of ether oxygens (including phenoxy) is 1. The van der Waals surface area contributed by atoms with E-state index in [1.165, 1.54) is 24.3 Å². The van der Waals surface area contributed by atoms with Crippen molar-refractivity contribution in [2.24, 2.45) is 0 Å². The van der Waals surface area contributed by atoms with E-state index in [-0.39, 0.29) is 11.3 Å². The van der Waals surface area contributed by atoms with Gasteiger partial charge in [0.15, 0.2) is 0 Å². The molecule has 9 heteroatoms. The lowest BCUT2D eigenvalue weighted by Crippen LogP contribution is -2.32. The summed E-state index contributed by atoms with van der Waals surface area (Å²) in [5.74, 6) is -1.24. The van der Waals surface area contributed by atoms with E-state index in [0.29, 0.717) is 0 Å². The molecule has 1 atom stereocenters. The fourth-order valence-corrected chi connectivity index (χ4v) is 2.06. The van der Waals surface area contributed by atoms with Crippen LogP contribution in [-0.2, 0) is 14.8 Å². The van der Waals surface area contributed by atoms with Crippen LogP contribution in [0.3, 0.4) is 0 Å². The van der Waals surface area contributed by atoms with Crippen LogP contribution in [0.4, 0.5) is 8.78 Å². The second-order valence-corrected chi connectivity index (χ2v) is 5.71. The number of rotatable bonds is 7. The first-order valence-electron chi connectivity index (χ1n) is 5.40. The molecule has 0 saturated carbocycles. The molecule has 0 fully saturated rings. The summed E-state index contributed by atoms with van der Waals surface area (Å²) in [4.78, 5) is 11.0. The Morgan fingerprint density at radius 1 is 1.35 bits per heavy atom. The summed E-state index contributed by atoms with van der Waals surface area (Å²) >= 11 is 0. The van der Waals surface area contributed by atoms with Crippen molar-refractivity contribution in [1.29, 1.82) is 0 Å². The van der Waals surface area contributed by atoms with Gasteiger partial charge in [-0.3, -0.25) is 4.79 Å². The third kappa shape index (κ3) is 5.49. The molecule has 6 nitrogen and oxygen atoms in total. The zero-order valence-corrected chi connectivity index (χ0v) is 11.2. The van der Waals surface area contributed by atoms with Gasteiger partial charge in [0.05, 0.1) is 6.26 Å². The SMILES string of the molecule is CS(=O)(=O)NC(C(=O)O)c1ccc(OCC(F)F)cc1. The summed E-state index contributed by atoms with van der Waals surface area (Å²) in [7, 11) is -3.71. The average molecular weight is 309 g/mol. The van der Waals surface area contributed by atoms with Gasteiger partial charge in [-0.15, -0.1) is 0 Å². The molecule has 0 radical (unpaired) electrons. The highest BCUT2D eigenvalue weighted by Gasteiger charge is 2.23. The van der Waals surface area contributed by atoms with Crippen LogP contribution in [0.15, 0.2) is 24.3 Å². The number of hydrogen-bond donors (Lipinski definition) is 2. The predicted molar refractivity (Wildman–Crippen MR) is 66.3 cm³/mol. The number of carbonyl (C=O) groups is 1. The summed E-state index contributed by atoms with van der Waals surface area (Å²) in [6.45, 7) is -0.775. The van der Waals surface area contributed by atoms with Crippen molar-refractivity contribution in [2.75, 3.05) is 12.9 Å². The number of aliphatic carboxylic acids is 1. The number of benzene rings is 1. The standard InChI is InChI=1S/C11H13F2NO5S/c1-20(17,18)14-10(11(15)16)7-2-4-8(5-3-7)19-6-9(12)13/h2-5,9-10,14H,6H2,1H3,(H,15,16). The highest BCUT2D eigenvalue weighted by Crippen LogP contribution is 2.19. The van der Waals surface area contributed by atoms with E-state index < -0.39 is 35.1 Å². The Labute approximate surface area is 114 Å². The van der Waals surface area contributed by atoms with E-state index in [1.54, 1.807) is 0 Å². The van der Waals surface area contributed by atoms with E-state index in [0.717, 1.165) is 6.26 Å². The number of nitrogens with one attached hydrogen (secondary N) is 1. The van der Waals surface area contributed by atoms with Crippen LogP contribution in [0.1, 0.15) is 11.6 Å². The molecule has 1 aromatic carbocycles. The fourth-order valence-electron chi connectivity index (χ4n) is 1.39. The number of halogens is 2. The molecule has 0 saturated heterocycles. The van der Waals surface area contributed by atoms with Crippen LogP contribution >= 0.6 is 0 Å². The number of hydrogen-bond acceptors (Lipinski definition) is 4. The molecule has 1 aromatic rings. The van der Waals surface area contributed by atoms with Gasteiger partial charge in [0.2, 0.25) is 10.0 Å². The molecule has 0 aliphatic rings. The molecule has 1 unspecified atom stereocenters. The van der Waals surface area contributed by atoms with Gasteiger partial charge in [-0.25, -0.2) is 17.2 Å². The van der Waals surface area contributed by atoms with Gasteiger partial charge in [-0.1, -0.05) is 12.1 Å². The second-order valence-electron chi connectivity index (χ2n) is 3.93. The first-order chi connectivity index (χ1) is 9.19. The third-order valence-electron chi connectivity index (χ3n) is 2.17. The molecule has 0 aromatic heterocycles. The number of carboxylic acid groups (broad SMARTS) is 1. The van der Waals surface area contributed by atoms with Crippen LogP contribution < -0.4 is 9.46 Å². The molecular formula is C11H13F2NO5S. The smallest absolute Gasteiger partial charge is 0.326 e. The van der Waals surface area contributed by atoms with Gasteiger partial charge in [0.1, 0.15) is 18.4 Å². The van der Waals surface area contributed by atoms with Gasteiger partial charge in [-0.2, -0.15) is 4.72 Å². The van der Waals surface area contributed by atoms with Crippen LogP contribution in [0.5, 0.6) is 5.75 Å². The number of alkyl halides is 2. The topological polar surface area (TPSA) is 92.7 Å². The minimum Gasteiger partial charge on any atom is -0.488 e. The predicted octanol–water partition coefficient (Wildman–Crippen LogP) is 1.01. The lowest BCUT2D eigenvalue weighted by molar-refractivity contribution is -0.139. The first-order valence-corrected chi connectivity index (χ1v) is 7.29. The van der Waals surface area contributed by atoms with Crippen molar-refractivity contribution in [3.8, 4) is 5.75 Å². The van der Waals surface area contributed by atoms with Crippen LogP contribution in [0, 0.1) is 0 Å². The summed E-state index contributed by atoms with van der Waals surface area (Å²) in [5, 5.41) is 8.98.